The van der Waals surface area contributed by atoms with Gasteiger partial charge in [-0.2, -0.15) is 5.10 Å². The monoisotopic (exact) mass is 236 g/mol. The van der Waals surface area contributed by atoms with E-state index in [0.29, 0.717) is 6.04 Å². The molecule has 1 N–H and O–H groups in total. The highest BCUT2D eigenvalue weighted by Gasteiger charge is 2.05. The van der Waals surface area contributed by atoms with Crippen molar-refractivity contribution in [3.05, 3.63) is 35.0 Å². The van der Waals surface area contributed by atoms with Crippen molar-refractivity contribution in [1.82, 2.24) is 20.1 Å². The van der Waals surface area contributed by atoms with Crippen molar-refractivity contribution < 1.29 is 0 Å². The van der Waals surface area contributed by atoms with Gasteiger partial charge in [-0.25, -0.2) is 4.98 Å². The van der Waals surface area contributed by atoms with E-state index < -0.39 is 0 Å². The standard InChI is InChI=1S/C11H16N4S/c1-10(11-13-6-9-16-11)12-4-2-7-15-8-3-5-14-15/h3,5-6,8-10,12H,2,4,7H2,1H3. The Morgan fingerprint density at radius 1 is 1.50 bits per heavy atom. The van der Waals surface area contributed by atoms with Crippen LogP contribution in [-0.2, 0) is 6.54 Å². The first-order valence-corrected chi connectivity index (χ1v) is 6.34. The second-order valence-corrected chi connectivity index (χ2v) is 4.59. The molecular formula is C11H16N4S. The average Bonchev–Trinajstić information content (AvgIpc) is 2.96. The number of thiazole rings is 1. The van der Waals surface area contributed by atoms with E-state index in [0.717, 1.165) is 24.5 Å². The van der Waals surface area contributed by atoms with Crippen LogP contribution in [0.15, 0.2) is 30.0 Å². The number of aromatic nitrogens is 3. The van der Waals surface area contributed by atoms with Gasteiger partial charge in [-0.05, 0) is 26.0 Å². The minimum absolute atomic E-state index is 0.345. The molecule has 0 aliphatic carbocycles. The third-order valence-electron chi connectivity index (χ3n) is 2.40. The van der Waals surface area contributed by atoms with E-state index in [-0.39, 0.29) is 0 Å². The topological polar surface area (TPSA) is 42.7 Å². The lowest BCUT2D eigenvalue weighted by molar-refractivity contribution is 0.506. The summed E-state index contributed by atoms with van der Waals surface area (Å²) in [6.45, 7) is 4.10. The molecule has 0 saturated heterocycles. The van der Waals surface area contributed by atoms with Crippen molar-refractivity contribution >= 4 is 11.3 Å². The van der Waals surface area contributed by atoms with Crippen LogP contribution < -0.4 is 5.32 Å². The fourth-order valence-corrected chi connectivity index (χ4v) is 2.20. The number of hydrogen-bond acceptors (Lipinski definition) is 4. The van der Waals surface area contributed by atoms with E-state index in [1.165, 1.54) is 0 Å². The van der Waals surface area contributed by atoms with E-state index in [9.17, 15) is 0 Å². The van der Waals surface area contributed by atoms with Crippen LogP contribution in [0.4, 0.5) is 0 Å². The largest absolute Gasteiger partial charge is 0.308 e. The molecule has 16 heavy (non-hydrogen) atoms. The summed E-state index contributed by atoms with van der Waals surface area (Å²) in [6, 6.07) is 2.30. The van der Waals surface area contributed by atoms with Crippen molar-refractivity contribution in [2.75, 3.05) is 6.54 Å². The fraction of sp³-hybridized carbons (Fsp3) is 0.455. The van der Waals surface area contributed by atoms with Crippen LogP contribution in [0, 0.1) is 0 Å². The molecule has 0 aliphatic rings. The van der Waals surface area contributed by atoms with Crippen LogP contribution in [-0.4, -0.2) is 21.3 Å². The Hall–Kier alpha value is -1.20. The maximum Gasteiger partial charge on any atom is 0.109 e. The fourth-order valence-electron chi connectivity index (χ4n) is 1.53. The number of nitrogens with zero attached hydrogens (tertiary/aromatic N) is 3. The minimum atomic E-state index is 0.345. The lowest BCUT2D eigenvalue weighted by Crippen LogP contribution is -2.20. The Morgan fingerprint density at radius 3 is 3.12 bits per heavy atom. The van der Waals surface area contributed by atoms with Gasteiger partial charge in [-0.3, -0.25) is 4.68 Å². The van der Waals surface area contributed by atoms with Crippen molar-refractivity contribution in [3.8, 4) is 0 Å². The molecule has 0 spiro atoms. The first-order chi connectivity index (χ1) is 7.86. The van der Waals surface area contributed by atoms with Gasteiger partial charge in [0, 0.05) is 30.5 Å². The van der Waals surface area contributed by atoms with Gasteiger partial charge in [0.15, 0.2) is 0 Å². The van der Waals surface area contributed by atoms with Crippen molar-refractivity contribution in [2.45, 2.75) is 25.9 Å². The van der Waals surface area contributed by atoms with Gasteiger partial charge in [0.2, 0.25) is 0 Å². The molecule has 5 heteroatoms. The van der Waals surface area contributed by atoms with Gasteiger partial charge in [0.1, 0.15) is 5.01 Å². The lowest BCUT2D eigenvalue weighted by Gasteiger charge is -2.10. The smallest absolute Gasteiger partial charge is 0.109 e. The van der Waals surface area contributed by atoms with Crippen molar-refractivity contribution in [2.24, 2.45) is 0 Å². The van der Waals surface area contributed by atoms with E-state index in [4.69, 9.17) is 0 Å². The van der Waals surface area contributed by atoms with Gasteiger partial charge in [0.25, 0.3) is 0 Å². The zero-order valence-electron chi connectivity index (χ0n) is 9.34. The summed E-state index contributed by atoms with van der Waals surface area (Å²) in [7, 11) is 0. The third-order valence-corrected chi connectivity index (χ3v) is 3.35. The highest BCUT2D eigenvalue weighted by atomic mass is 32.1. The SMILES string of the molecule is CC(NCCCn1cccn1)c1nccs1. The van der Waals surface area contributed by atoms with Crippen molar-refractivity contribution in [1.29, 1.82) is 0 Å². The number of nitrogens with one attached hydrogen (secondary N) is 1. The normalized spacial score (nSPS) is 12.8. The van der Waals surface area contributed by atoms with E-state index >= 15 is 0 Å². The van der Waals surface area contributed by atoms with Crippen molar-refractivity contribution in [3.63, 3.8) is 0 Å². The lowest BCUT2D eigenvalue weighted by atomic mass is 10.3. The summed E-state index contributed by atoms with van der Waals surface area (Å²) in [5.41, 5.74) is 0. The molecule has 2 heterocycles. The Kier molecular flexibility index (Phi) is 4.07. The molecule has 4 nitrogen and oxygen atoms in total. The molecule has 0 fully saturated rings. The van der Waals surface area contributed by atoms with Crippen LogP contribution in [0.3, 0.4) is 0 Å². The van der Waals surface area contributed by atoms with Gasteiger partial charge < -0.3 is 5.32 Å². The molecule has 0 bridgehead atoms. The molecule has 2 aromatic heterocycles. The summed E-state index contributed by atoms with van der Waals surface area (Å²) in [5.74, 6) is 0. The minimum Gasteiger partial charge on any atom is -0.308 e. The van der Waals surface area contributed by atoms with Gasteiger partial charge >= 0.3 is 0 Å². The molecule has 2 aromatic rings. The summed E-state index contributed by atoms with van der Waals surface area (Å²) in [5, 5.41) is 10.8. The van der Waals surface area contributed by atoms with E-state index in [2.05, 4.69) is 22.3 Å². The van der Waals surface area contributed by atoms with Crippen LogP contribution >= 0.6 is 11.3 Å². The Labute approximate surface area is 99.3 Å². The molecular weight excluding hydrogens is 220 g/mol. The summed E-state index contributed by atoms with van der Waals surface area (Å²) in [4.78, 5) is 4.28. The van der Waals surface area contributed by atoms with Crippen LogP contribution in [0.25, 0.3) is 0 Å². The average molecular weight is 236 g/mol. The molecule has 2 rings (SSSR count). The van der Waals surface area contributed by atoms with E-state index in [1.807, 2.05) is 34.7 Å². The summed E-state index contributed by atoms with van der Waals surface area (Å²) >= 11 is 1.70. The number of rotatable bonds is 6. The molecule has 1 atom stereocenters. The van der Waals surface area contributed by atoms with Crippen LogP contribution in [0.5, 0.6) is 0 Å². The molecule has 1 unspecified atom stereocenters. The molecule has 0 radical (unpaired) electrons. The zero-order chi connectivity index (χ0) is 11.2. The highest BCUT2D eigenvalue weighted by molar-refractivity contribution is 7.09. The zero-order valence-corrected chi connectivity index (χ0v) is 10.2. The molecule has 0 saturated carbocycles. The van der Waals surface area contributed by atoms with Gasteiger partial charge in [-0.15, -0.1) is 11.3 Å². The summed E-state index contributed by atoms with van der Waals surface area (Å²) < 4.78 is 1.95. The Bertz CT molecular complexity index is 382. The van der Waals surface area contributed by atoms with Crippen LogP contribution in [0.2, 0.25) is 0 Å². The Morgan fingerprint density at radius 2 is 2.44 bits per heavy atom. The summed E-state index contributed by atoms with van der Waals surface area (Å²) in [6.07, 6.45) is 6.73. The Balaban J connectivity index is 1.65. The first-order valence-electron chi connectivity index (χ1n) is 5.46. The predicted octanol–water partition coefficient (Wildman–Crippen LogP) is 2.08. The maximum absolute atomic E-state index is 4.28. The van der Waals surface area contributed by atoms with E-state index in [1.54, 1.807) is 11.3 Å². The predicted molar refractivity (Wildman–Crippen MR) is 65.4 cm³/mol. The quantitative estimate of drug-likeness (QED) is 0.781. The second kappa shape index (κ2) is 5.77. The second-order valence-electron chi connectivity index (χ2n) is 3.67. The number of aryl methyl sites for hydroxylation is 1. The van der Waals surface area contributed by atoms with Crippen LogP contribution in [0.1, 0.15) is 24.4 Å². The first kappa shape index (κ1) is 11.3. The molecule has 0 aliphatic heterocycles. The maximum atomic E-state index is 4.28. The molecule has 86 valence electrons. The van der Waals surface area contributed by atoms with Gasteiger partial charge in [-0.1, -0.05) is 0 Å². The third kappa shape index (κ3) is 3.15. The van der Waals surface area contributed by atoms with Gasteiger partial charge in [0.05, 0.1) is 6.04 Å². The highest BCUT2D eigenvalue weighted by Crippen LogP contribution is 2.14. The number of hydrogen-bond donors (Lipinski definition) is 1. The molecule has 0 amide bonds. The molecule has 0 aromatic carbocycles.